The molecule has 0 aliphatic rings. The normalized spacial score (nSPS) is 10.0. The number of pyridine rings is 1. The number of hydrogen-bond acceptors (Lipinski definition) is 4. The van der Waals surface area contributed by atoms with Crippen LogP contribution < -0.4 is 10.2 Å². The van der Waals surface area contributed by atoms with Gasteiger partial charge >= 0.3 is 0 Å². The van der Waals surface area contributed by atoms with E-state index in [1.54, 1.807) is 36.7 Å². The first kappa shape index (κ1) is 17.5. The minimum Gasteiger partial charge on any atom is -0.370 e. The van der Waals surface area contributed by atoms with Gasteiger partial charge in [-0.25, -0.2) is 0 Å². The van der Waals surface area contributed by atoms with Gasteiger partial charge in [-0.15, -0.1) is 0 Å². The number of nitrogens with one attached hydrogen (secondary N) is 1. The molecule has 0 saturated carbocycles. The predicted octanol–water partition coefficient (Wildman–Crippen LogP) is 3.83. The Morgan fingerprint density at radius 3 is 2.42 bits per heavy atom. The maximum absolute atomic E-state index is 12.4. The lowest BCUT2D eigenvalue weighted by Crippen LogP contribution is -2.25. The average Bonchev–Trinajstić information content (AvgIpc) is 2.62. The summed E-state index contributed by atoms with van der Waals surface area (Å²) in [7, 11) is 0. The van der Waals surface area contributed by atoms with Crippen LogP contribution in [0.1, 0.15) is 42.6 Å². The zero-order valence-electron chi connectivity index (χ0n) is 14.1. The molecule has 2 aromatic rings. The second-order valence-electron chi connectivity index (χ2n) is 5.56. The summed E-state index contributed by atoms with van der Waals surface area (Å²) < 4.78 is 0. The highest BCUT2D eigenvalue weighted by molar-refractivity contribution is 6.04. The lowest BCUT2D eigenvalue weighted by atomic mass is 10.2. The van der Waals surface area contributed by atoms with Crippen molar-refractivity contribution in [1.29, 1.82) is 5.26 Å². The molecule has 0 radical (unpaired) electrons. The first-order valence-electron chi connectivity index (χ1n) is 8.19. The summed E-state index contributed by atoms with van der Waals surface area (Å²) in [4.78, 5) is 18.9. The molecular weight excluding hydrogens is 300 g/mol. The van der Waals surface area contributed by atoms with Crippen molar-refractivity contribution in [2.24, 2.45) is 0 Å². The molecule has 1 N–H and O–H groups in total. The van der Waals surface area contributed by atoms with Gasteiger partial charge < -0.3 is 10.2 Å². The molecule has 0 fully saturated rings. The van der Waals surface area contributed by atoms with Gasteiger partial charge in [0.15, 0.2) is 0 Å². The molecule has 0 bridgehead atoms. The van der Waals surface area contributed by atoms with Crippen LogP contribution in [-0.2, 0) is 0 Å². The number of carbonyl (C=O) groups is 1. The summed E-state index contributed by atoms with van der Waals surface area (Å²) in [5, 5.41) is 11.6. The fourth-order valence-corrected chi connectivity index (χ4v) is 2.47. The summed E-state index contributed by atoms with van der Waals surface area (Å²) in [6.45, 7) is 6.15. The Balaban J connectivity index is 2.14. The van der Waals surface area contributed by atoms with Crippen LogP contribution in [0, 0.1) is 11.3 Å². The van der Waals surface area contributed by atoms with Crippen molar-refractivity contribution in [2.45, 2.75) is 26.7 Å². The molecule has 5 heteroatoms. The molecule has 0 spiro atoms. The minimum absolute atomic E-state index is 0.206. The highest BCUT2D eigenvalue weighted by atomic mass is 16.1. The molecule has 1 aromatic heterocycles. The topological polar surface area (TPSA) is 69.0 Å². The van der Waals surface area contributed by atoms with Crippen LogP contribution in [0.5, 0.6) is 0 Å². The number of rotatable bonds is 7. The maximum Gasteiger partial charge on any atom is 0.257 e. The van der Waals surface area contributed by atoms with Crippen molar-refractivity contribution >= 4 is 17.3 Å². The number of hydrogen-bond donors (Lipinski definition) is 1. The van der Waals surface area contributed by atoms with E-state index in [0.29, 0.717) is 16.8 Å². The molecule has 5 nitrogen and oxygen atoms in total. The van der Waals surface area contributed by atoms with E-state index >= 15 is 0 Å². The van der Waals surface area contributed by atoms with Gasteiger partial charge in [-0.05, 0) is 43.2 Å². The van der Waals surface area contributed by atoms with Gasteiger partial charge in [-0.2, -0.15) is 5.26 Å². The van der Waals surface area contributed by atoms with E-state index in [0.717, 1.165) is 31.6 Å². The van der Waals surface area contributed by atoms with Gasteiger partial charge in [0.05, 0.1) is 29.1 Å². The highest BCUT2D eigenvalue weighted by Crippen LogP contribution is 2.17. The van der Waals surface area contributed by atoms with Crippen molar-refractivity contribution in [1.82, 2.24) is 4.98 Å². The Morgan fingerprint density at radius 1 is 1.17 bits per heavy atom. The zero-order valence-corrected chi connectivity index (χ0v) is 14.1. The highest BCUT2D eigenvalue weighted by Gasteiger charge is 2.11. The van der Waals surface area contributed by atoms with E-state index in [2.05, 4.69) is 35.1 Å². The largest absolute Gasteiger partial charge is 0.370 e. The van der Waals surface area contributed by atoms with Crippen LogP contribution in [0.3, 0.4) is 0 Å². The first-order valence-corrected chi connectivity index (χ1v) is 8.19. The fourth-order valence-electron chi connectivity index (χ4n) is 2.47. The third-order valence-electron chi connectivity index (χ3n) is 3.61. The van der Waals surface area contributed by atoms with Crippen LogP contribution in [0.25, 0.3) is 0 Å². The Morgan fingerprint density at radius 2 is 1.83 bits per heavy atom. The molecule has 124 valence electrons. The Hall–Kier alpha value is -2.87. The standard InChI is InChI=1S/C19H22N4O/c1-3-9-23(10-4-2)18-11-16(13-21-14-18)19(24)22-17-7-5-15(12-20)6-8-17/h5-8,11,13-14H,3-4,9-10H2,1-2H3,(H,22,24). The molecule has 1 amide bonds. The third kappa shape index (κ3) is 4.56. The molecule has 2 rings (SSSR count). The van der Waals surface area contributed by atoms with Crippen molar-refractivity contribution in [3.63, 3.8) is 0 Å². The van der Waals surface area contributed by atoms with Crippen molar-refractivity contribution in [3.05, 3.63) is 53.9 Å². The van der Waals surface area contributed by atoms with Crippen molar-refractivity contribution in [2.75, 3.05) is 23.3 Å². The molecule has 1 aromatic carbocycles. The molecular formula is C19H22N4O. The Kier molecular flexibility index (Phi) is 6.32. The van der Waals surface area contributed by atoms with Gasteiger partial charge in [0.2, 0.25) is 0 Å². The average molecular weight is 322 g/mol. The molecule has 24 heavy (non-hydrogen) atoms. The summed E-state index contributed by atoms with van der Waals surface area (Å²) >= 11 is 0. The number of amides is 1. The lowest BCUT2D eigenvalue weighted by Gasteiger charge is -2.23. The molecule has 1 heterocycles. The van der Waals surface area contributed by atoms with Crippen LogP contribution >= 0.6 is 0 Å². The van der Waals surface area contributed by atoms with Gasteiger partial charge in [-0.1, -0.05) is 13.8 Å². The van der Waals surface area contributed by atoms with Gasteiger partial charge in [-0.3, -0.25) is 9.78 Å². The van der Waals surface area contributed by atoms with Gasteiger partial charge in [0, 0.05) is 25.0 Å². The summed E-state index contributed by atoms with van der Waals surface area (Å²) in [5.74, 6) is -0.206. The summed E-state index contributed by atoms with van der Waals surface area (Å²) in [6, 6.07) is 10.7. The van der Waals surface area contributed by atoms with E-state index in [4.69, 9.17) is 5.26 Å². The minimum atomic E-state index is -0.206. The second kappa shape index (κ2) is 8.68. The van der Waals surface area contributed by atoms with E-state index in [-0.39, 0.29) is 5.91 Å². The monoisotopic (exact) mass is 322 g/mol. The van der Waals surface area contributed by atoms with Crippen LogP contribution in [-0.4, -0.2) is 24.0 Å². The van der Waals surface area contributed by atoms with E-state index in [9.17, 15) is 4.79 Å². The number of benzene rings is 1. The first-order chi connectivity index (χ1) is 11.7. The summed E-state index contributed by atoms with van der Waals surface area (Å²) in [5.41, 5.74) is 2.70. The SMILES string of the molecule is CCCN(CCC)c1cncc(C(=O)Nc2ccc(C#N)cc2)c1. The Bertz CT molecular complexity index is 713. The third-order valence-corrected chi connectivity index (χ3v) is 3.61. The molecule has 0 atom stereocenters. The van der Waals surface area contributed by atoms with Crippen LogP contribution in [0.15, 0.2) is 42.7 Å². The number of aromatic nitrogens is 1. The lowest BCUT2D eigenvalue weighted by molar-refractivity contribution is 0.102. The van der Waals surface area contributed by atoms with E-state index in [1.165, 1.54) is 0 Å². The quantitative estimate of drug-likeness (QED) is 0.841. The van der Waals surface area contributed by atoms with Crippen LogP contribution in [0.2, 0.25) is 0 Å². The molecule has 0 aliphatic heterocycles. The number of anilines is 2. The second-order valence-corrected chi connectivity index (χ2v) is 5.56. The number of carbonyl (C=O) groups excluding carboxylic acids is 1. The fraction of sp³-hybridized carbons (Fsp3) is 0.316. The number of nitrogens with zero attached hydrogens (tertiary/aromatic N) is 3. The van der Waals surface area contributed by atoms with Gasteiger partial charge in [0.1, 0.15) is 0 Å². The molecule has 0 aliphatic carbocycles. The molecule has 0 saturated heterocycles. The van der Waals surface area contributed by atoms with Crippen molar-refractivity contribution < 1.29 is 4.79 Å². The van der Waals surface area contributed by atoms with Crippen molar-refractivity contribution in [3.8, 4) is 6.07 Å². The predicted molar refractivity (Wildman–Crippen MR) is 96.1 cm³/mol. The molecule has 0 unspecified atom stereocenters. The van der Waals surface area contributed by atoms with Crippen LogP contribution in [0.4, 0.5) is 11.4 Å². The van der Waals surface area contributed by atoms with E-state index < -0.39 is 0 Å². The summed E-state index contributed by atoms with van der Waals surface area (Å²) in [6.07, 6.45) is 5.45. The smallest absolute Gasteiger partial charge is 0.257 e. The maximum atomic E-state index is 12.4. The zero-order chi connectivity index (χ0) is 17.4. The van der Waals surface area contributed by atoms with E-state index in [1.807, 2.05) is 6.07 Å². The number of nitriles is 1. The van der Waals surface area contributed by atoms with Gasteiger partial charge in [0.25, 0.3) is 5.91 Å². The Labute approximate surface area is 142 Å².